The summed E-state index contributed by atoms with van der Waals surface area (Å²) in [4.78, 5) is 24.4. The second-order valence-electron chi connectivity index (χ2n) is 10.1. The summed E-state index contributed by atoms with van der Waals surface area (Å²) in [6.45, 7) is -9.65. The zero-order valence-corrected chi connectivity index (χ0v) is 23.4. The molecular weight excluding hydrogens is 546 g/mol. The molecule has 12 nitrogen and oxygen atoms in total. The lowest BCUT2D eigenvalue weighted by atomic mass is 10.1. The van der Waals surface area contributed by atoms with Gasteiger partial charge in [-0.3, -0.25) is 4.79 Å². The fourth-order valence-corrected chi connectivity index (χ4v) is 4.79. The first-order valence-electron chi connectivity index (χ1n) is 17.8. The number of hydrogen-bond acceptors (Lipinski definition) is 10. The van der Waals surface area contributed by atoms with Gasteiger partial charge in [-0.05, 0) is 55.7 Å². The first-order chi connectivity index (χ1) is 24.1. The van der Waals surface area contributed by atoms with Gasteiger partial charge in [0.25, 0.3) is 0 Å². The molecule has 0 spiro atoms. The summed E-state index contributed by atoms with van der Waals surface area (Å²) in [5, 5.41) is 16.7. The zero-order chi connectivity index (χ0) is 36.5. The van der Waals surface area contributed by atoms with Crippen LogP contribution < -0.4 is 19.9 Å². The van der Waals surface area contributed by atoms with E-state index in [4.69, 9.17) is 20.7 Å². The van der Waals surface area contributed by atoms with E-state index in [1.54, 1.807) is 19.4 Å². The second kappa shape index (κ2) is 11.4. The molecular formula is C31H33N9O3. The molecule has 7 rings (SSSR count). The summed E-state index contributed by atoms with van der Waals surface area (Å²) in [7, 11) is 1.60. The lowest BCUT2D eigenvalue weighted by molar-refractivity contribution is -0.117. The van der Waals surface area contributed by atoms with E-state index in [1.807, 2.05) is 36.1 Å². The van der Waals surface area contributed by atoms with Gasteiger partial charge in [-0.1, -0.05) is 12.1 Å². The molecule has 43 heavy (non-hydrogen) atoms. The van der Waals surface area contributed by atoms with Gasteiger partial charge in [-0.25, -0.2) is 14.5 Å². The maximum atomic E-state index is 12.6. The molecule has 1 amide bonds. The Morgan fingerprint density at radius 3 is 2.72 bits per heavy atom. The van der Waals surface area contributed by atoms with Crippen LogP contribution >= 0.6 is 0 Å². The van der Waals surface area contributed by atoms with E-state index >= 15 is 0 Å². The van der Waals surface area contributed by atoms with E-state index in [9.17, 15) is 4.79 Å². The highest BCUT2D eigenvalue weighted by Gasteiger charge is 2.30. The number of fused-ring (bicyclic) bond motifs is 2. The van der Waals surface area contributed by atoms with Crippen molar-refractivity contribution in [2.75, 3.05) is 54.9 Å². The van der Waals surface area contributed by atoms with E-state index in [2.05, 4.69) is 30.3 Å². The van der Waals surface area contributed by atoms with Crippen LogP contribution in [0, 0.1) is 5.92 Å². The van der Waals surface area contributed by atoms with Crippen LogP contribution in [0.2, 0.25) is 0 Å². The molecule has 1 aromatic carbocycles. The molecule has 0 atom stereocenters. The number of carbonyl (C=O) groups excluding carboxylic acids is 1. The first kappa shape index (κ1) is 19.4. The summed E-state index contributed by atoms with van der Waals surface area (Å²) in [5.74, 6) is 1.45. The Morgan fingerprint density at radius 2 is 1.98 bits per heavy atom. The Labute approximate surface area is 259 Å². The Morgan fingerprint density at radius 1 is 1.16 bits per heavy atom. The topological polar surface area (TPSA) is 123 Å². The number of morpholine rings is 1. The summed E-state index contributed by atoms with van der Waals surface area (Å²) < 4.78 is 77.2. The van der Waals surface area contributed by atoms with Gasteiger partial charge in [0.15, 0.2) is 23.1 Å². The average molecular weight is 588 g/mol. The van der Waals surface area contributed by atoms with Gasteiger partial charge in [0, 0.05) is 49.1 Å². The summed E-state index contributed by atoms with van der Waals surface area (Å²) in [5.41, 5.74) is 1.92. The highest BCUT2D eigenvalue weighted by molar-refractivity contribution is 6.01. The number of ether oxygens (including phenoxy) is 2. The van der Waals surface area contributed by atoms with Gasteiger partial charge in [-0.2, -0.15) is 0 Å². The molecule has 2 fully saturated rings. The molecule has 4 aromatic heterocycles. The Balaban J connectivity index is 1.32. The Kier molecular flexibility index (Phi) is 5.15. The van der Waals surface area contributed by atoms with Crippen molar-refractivity contribution in [2.24, 2.45) is 5.92 Å². The summed E-state index contributed by atoms with van der Waals surface area (Å²) in [6, 6.07) is 12.1. The first-order valence-corrected chi connectivity index (χ1v) is 13.8. The number of pyridine rings is 2. The Hall–Kier alpha value is -4.84. The van der Waals surface area contributed by atoms with Gasteiger partial charge in [-0.15, -0.1) is 15.3 Å². The van der Waals surface area contributed by atoms with Crippen LogP contribution in [-0.2, 0) is 16.1 Å². The van der Waals surface area contributed by atoms with E-state index < -0.39 is 26.1 Å². The monoisotopic (exact) mass is 587 g/mol. The van der Waals surface area contributed by atoms with E-state index in [-0.39, 0.29) is 34.8 Å². The van der Waals surface area contributed by atoms with Crippen molar-refractivity contribution < 1.29 is 25.2 Å². The average Bonchev–Trinajstić information content (AvgIpc) is 3.85. The highest BCUT2D eigenvalue weighted by atomic mass is 16.5. The summed E-state index contributed by atoms with van der Waals surface area (Å²) in [6.07, 6.45) is 4.43. The van der Waals surface area contributed by atoms with Crippen molar-refractivity contribution in [3.8, 4) is 17.1 Å². The lowest BCUT2D eigenvalue weighted by Gasteiger charge is -2.28. The predicted octanol–water partition coefficient (Wildman–Crippen LogP) is 3.95. The number of aromatic nitrogens is 6. The fourth-order valence-electron chi connectivity index (χ4n) is 4.79. The molecule has 0 unspecified atom stereocenters. The largest absolute Gasteiger partial charge is 0.497 e. The number of rotatable bonds is 9. The molecule has 0 bridgehead atoms. The number of methoxy groups -OCH3 is 1. The van der Waals surface area contributed by atoms with Crippen LogP contribution in [0.3, 0.4) is 0 Å². The number of hydrogen-bond donors (Lipinski definition) is 1. The molecule has 1 N–H and O–H groups in total. The van der Waals surface area contributed by atoms with Gasteiger partial charge in [0.1, 0.15) is 11.3 Å². The number of nitrogens with one attached hydrogen (secondary N) is 1. The second-order valence-corrected chi connectivity index (χ2v) is 10.1. The summed E-state index contributed by atoms with van der Waals surface area (Å²) >= 11 is 0. The lowest BCUT2D eigenvalue weighted by Crippen LogP contribution is -2.36. The van der Waals surface area contributed by atoms with Crippen LogP contribution in [0.5, 0.6) is 5.75 Å². The molecule has 12 heteroatoms. The van der Waals surface area contributed by atoms with Crippen molar-refractivity contribution in [1.82, 2.24) is 29.8 Å². The third-order valence-corrected chi connectivity index (χ3v) is 7.26. The van der Waals surface area contributed by atoms with Crippen molar-refractivity contribution in [3.63, 3.8) is 0 Å². The maximum absolute atomic E-state index is 12.6. The Bertz CT molecular complexity index is 2120. The minimum Gasteiger partial charge on any atom is -0.497 e. The number of amides is 1. The van der Waals surface area contributed by atoms with E-state index in [0.29, 0.717) is 40.3 Å². The van der Waals surface area contributed by atoms with Crippen molar-refractivity contribution in [3.05, 3.63) is 60.4 Å². The number of nitrogens with zero attached hydrogens (tertiary/aromatic N) is 8. The van der Waals surface area contributed by atoms with Crippen molar-refractivity contribution in [2.45, 2.75) is 26.3 Å². The predicted molar refractivity (Wildman–Crippen MR) is 163 cm³/mol. The standard InChI is InChI=1S/C31H33N9O3/c1-3-38(18-20-4-9-23(42-2)10-5-20)30-28-24(16-26(35-36-28)33-31(41)21-6-7-21)25(17-32-30)29-34-27-11-8-22(19-40(27)37-29)39-12-14-43-15-13-39/h4-5,8-11,16-17,19,21H,3,6-7,12-15,18H2,1-2H3,(H,33,35,41)/i12D2,13D2,14D2,15D2. The number of anilines is 3. The third kappa shape index (κ3) is 5.53. The fraction of sp³-hybridized carbons (Fsp3) is 0.355. The molecule has 1 aliphatic heterocycles. The molecule has 1 saturated heterocycles. The SMILES string of the molecule is [2H]C1([2H])OC([2H])([2H])C([2H])([2H])N(c2ccc3nc(-c4cnc(N(CC)Cc5ccc(OC)cc5)c5nnc(NC(=O)C6CC6)cc45)nn3c2)C1([2H])[2H]. The molecule has 1 saturated carbocycles. The quantitative estimate of drug-likeness (QED) is 0.271. The van der Waals surface area contributed by atoms with Crippen LogP contribution in [0.1, 0.15) is 36.3 Å². The normalized spacial score (nSPS) is 22.6. The molecule has 220 valence electrons. The molecule has 2 aliphatic rings. The highest BCUT2D eigenvalue weighted by Crippen LogP contribution is 2.34. The molecule has 5 heterocycles. The van der Waals surface area contributed by atoms with Gasteiger partial charge < -0.3 is 24.6 Å². The smallest absolute Gasteiger partial charge is 0.228 e. The van der Waals surface area contributed by atoms with E-state index in [1.165, 1.54) is 22.8 Å². The van der Waals surface area contributed by atoms with Crippen molar-refractivity contribution >= 4 is 39.8 Å². The van der Waals surface area contributed by atoms with E-state index in [0.717, 1.165) is 24.2 Å². The molecule has 0 radical (unpaired) electrons. The van der Waals surface area contributed by atoms with Crippen LogP contribution in [0.25, 0.3) is 27.9 Å². The third-order valence-electron chi connectivity index (χ3n) is 7.26. The van der Waals surface area contributed by atoms with Gasteiger partial charge in [0.05, 0.1) is 43.1 Å². The van der Waals surface area contributed by atoms with Gasteiger partial charge in [0.2, 0.25) is 5.91 Å². The minimum absolute atomic E-state index is 0.0707. The van der Waals surface area contributed by atoms with Crippen LogP contribution in [0.15, 0.2) is 54.9 Å². The minimum atomic E-state index is -3.22. The van der Waals surface area contributed by atoms with Crippen molar-refractivity contribution in [1.29, 1.82) is 0 Å². The number of carbonyl (C=O) groups is 1. The zero-order valence-electron chi connectivity index (χ0n) is 31.4. The number of benzene rings is 1. The molecule has 5 aromatic rings. The van der Waals surface area contributed by atoms with Gasteiger partial charge >= 0.3 is 0 Å². The maximum Gasteiger partial charge on any atom is 0.228 e. The van der Waals surface area contributed by atoms with Crippen LogP contribution in [-0.4, -0.2) is 75.5 Å². The molecule has 1 aliphatic carbocycles. The van der Waals surface area contributed by atoms with Crippen LogP contribution in [0.4, 0.5) is 17.3 Å².